The van der Waals surface area contributed by atoms with Gasteiger partial charge in [0.1, 0.15) is 0 Å². The zero-order chi connectivity index (χ0) is 12.9. The number of thioether (sulfide) groups is 1. The van der Waals surface area contributed by atoms with Gasteiger partial charge in [0.15, 0.2) is 0 Å². The molecule has 1 nitrogen and oxygen atoms in total. The van der Waals surface area contributed by atoms with Gasteiger partial charge in [-0.05, 0) is 36.5 Å². The topological polar surface area (TPSA) is 12.9 Å². The van der Waals surface area contributed by atoms with Gasteiger partial charge in [-0.1, -0.05) is 49.2 Å². The van der Waals surface area contributed by atoms with Gasteiger partial charge in [0.2, 0.25) is 0 Å². The largest absolute Gasteiger partial charge is 0.250 e. The normalized spacial score (nSPS) is 23.2. The summed E-state index contributed by atoms with van der Waals surface area (Å²) in [5.41, 5.74) is 1.50. The molecule has 0 N–H and O–H groups in total. The van der Waals surface area contributed by atoms with Crippen LogP contribution in [0.1, 0.15) is 37.2 Å². The molecule has 1 heterocycles. The summed E-state index contributed by atoms with van der Waals surface area (Å²) in [4.78, 5) is 4.46. The number of benzene rings is 1. The summed E-state index contributed by atoms with van der Waals surface area (Å²) < 4.78 is 0. The van der Waals surface area contributed by atoms with Crippen LogP contribution in [0.5, 0.6) is 0 Å². The van der Waals surface area contributed by atoms with Crippen LogP contribution in [0.4, 0.5) is 0 Å². The van der Waals surface area contributed by atoms with Crippen molar-refractivity contribution in [1.82, 2.24) is 4.98 Å². The quantitative estimate of drug-likeness (QED) is 0.786. The molecule has 1 aliphatic carbocycles. The molecule has 0 spiro atoms. The Kier molecular flexibility index (Phi) is 4.19. The van der Waals surface area contributed by atoms with E-state index in [9.17, 15) is 0 Å². The zero-order valence-corrected chi connectivity index (χ0v) is 11.9. The maximum atomic E-state index is 4.46. The first-order chi connectivity index (χ1) is 9.43. The summed E-state index contributed by atoms with van der Waals surface area (Å²) in [5.74, 6) is 0.682. The van der Waals surface area contributed by atoms with E-state index in [0.717, 1.165) is 5.03 Å². The summed E-state index contributed by atoms with van der Waals surface area (Å²) in [6.07, 6.45) is 7.23. The molecule has 0 aliphatic heterocycles. The third-order valence-electron chi connectivity index (χ3n) is 3.84. The van der Waals surface area contributed by atoms with E-state index in [2.05, 4.69) is 47.4 Å². The molecule has 2 atom stereocenters. The van der Waals surface area contributed by atoms with Gasteiger partial charge in [-0.15, -0.1) is 11.8 Å². The Bertz CT molecular complexity index is 497. The molecule has 0 radical (unpaired) electrons. The van der Waals surface area contributed by atoms with Crippen LogP contribution in [0.25, 0.3) is 0 Å². The van der Waals surface area contributed by atoms with Crippen LogP contribution in [0.2, 0.25) is 0 Å². The maximum Gasteiger partial charge on any atom is 0.0962 e. The van der Waals surface area contributed by atoms with Crippen LogP contribution in [-0.2, 0) is 0 Å². The molecule has 0 saturated heterocycles. The molecule has 1 aliphatic rings. The van der Waals surface area contributed by atoms with E-state index in [1.807, 2.05) is 24.0 Å². The van der Waals surface area contributed by atoms with Crippen molar-refractivity contribution in [2.45, 2.75) is 41.9 Å². The average molecular weight is 269 g/mol. The lowest BCUT2D eigenvalue weighted by molar-refractivity contribution is 0.455. The van der Waals surface area contributed by atoms with Crippen LogP contribution < -0.4 is 0 Å². The maximum absolute atomic E-state index is 4.46. The van der Waals surface area contributed by atoms with Crippen molar-refractivity contribution in [3.8, 4) is 0 Å². The molecule has 1 fully saturated rings. The number of hydrogen-bond acceptors (Lipinski definition) is 2. The van der Waals surface area contributed by atoms with E-state index in [1.54, 1.807) is 0 Å². The Morgan fingerprint density at radius 3 is 2.47 bits per heavy atom. The molecule has 1 aromatic carbocycles. The first-order valence-corrected chi connectivity index (χ1v) is 7.94. The average Bonchev–Trinajstić information content (AvgIpc) is 2.50. The van der Waals surface area contributed by atoms with Crippen LogP contribution in [0, 0.1) is 0 Å². The summed E-state index contributed by atoms with van der Waals surface area (Å²) in [6, 6.07) is 17.2. The Hall–Kier alpha value is -1.28. The van der Waals surface area contributed by atoms with Crippen molar-refractivity contribution in [3.05, 3.63) is 60.3 Å². The molecule has 1 saturated carbocycles. The Balaban J connectivity index is 1.78. The van der Waals surface area contributed by atoms with Gasteiger partial charge in [0.25, 0.3) is 0 Å². The van der Waals surface area contributed by atoms with Crippen LogP contribution in [0.15, 0.2) is 59.8 Å². The van der Waals surface area contributed by atoms with Crippen molar-refractivity contribution in [3.63, 3.8) is 0 Å². The van der Waals surface area contributed by atoms with Crippen LogP contribution in [0.3, 0.4) is 0 Å². The fourth-order valence-electron chi connectivity index (χ4n) is 2.89. The third-order valence-corrected chi connectivity index (χ3v) is 5.19. The zero-order valence-electron chi connectivity index (χ0n) is 11.0. The van der Waals surface area contributed by atoms with Crippen molar-refractivity contribution in [2.24, 2.45) is 0 Å². The minimum Gasteiger partial charge on any atom is -0.250 e. The molecule has 3 rings (SSSR count). The van der Waals surface area contributed by atoms with Crippen LogP contribution in [-0.4, -0.2) is 10.2 Å². The van der Waals surface area contributed by atoms with Gasteiger partial charge < -0.3 is 0 Å². The highest BCUT2D eigenvalue weighted by atomic mass is 32.2. The van der Waals surface area contributed by atoms with E-state index in [4.69, 9.17) is 0 Å². The molecule has 0 amide bonds. The highest BCUT2D eigenvalue weighted by Crippen LogP contribution is 2.42. The van der Waals surface area contributed by atoms with E-state index < -0.39 is 0 Å². The monoisotopic (exact) mass is 269 g/mol. The molecule has 1 aromatic heterocycles. The predicted octanol–water partition coefficient (Wildman–Crippen LogP) is 4.90. The number of rotatable bonds is 3. The van der Waals surface area contributed by atoms with E-state index in [0.29, 0.717) is 11.2 Å². The Labute approximate surface area is 119 Å². The molecule has 0 unspecified atom stereocenters. The SMILES string of the molecule is c1ccc([C@@H]2CCCC[C@H]2Sc2ccccn2)cc1. The molecule has 19 heavy (non-hydrogen) atoms. The number of nitrogens with zero attached hydrogens (tertiary/aromatic N) is 1. The fraction of sp³-hybridized carbons (Fsp3) is 0.353. The first kappa shape index (κ1) is 12.7. The minimum atomic E-state index is 0.672. The highest BCUT2D eigenvalue weighted by Gasteiger charge is 2.27. The van der Waals surface area contributed by atoms with E-state index in [-0.39, 0.29) is 0 Å². The molecule has 98 valence electrons. The fourth-order valence-corrected chi connectivity index (χ4v) is 4.22. The van der Waals surface area contributed by atoms with Gasteiger partial charge in [0, 0.05) is 11.4 Å². The summed E-state index contributed by atoms with van der Waals surface area (Å²) in [6.45, 7) is 0. The van der Waals surface area contributed by atoms with Gasteiger partial charge >= 0.3 is 0 Å². The van der Waals surface area contributed by atoms with Crippen molar-refractivity contribution in [2.75, 3.05) is 0 Å². The lowest BCUT2D eigenvalue weighted by Crippen LogP contribution is -2.20. The number of pyridine rings is 1. The van der Waals surface area contributed by atoms with Gasteiger partial charge in [0.05, 0.1) is 5.03 Å². The van der Waals surface area contributed by atoms with Gasteiger partial charge in [-0.3, -0.25) is 0 Å². The van der Waals surface area contributed by atoms with Gasteiger partial charge in [-0.2, -0.15) is 0 Å². The second kappa shape index (κ2) is 6.25. The first-order valence-electron chi connectivity index (χ1n) is 7.06. The smallest absolute Gasteiger partial charge is 0.0962 e. The molecule has 0 bridgehead atoms. The predicted molar refractivity (Wildman–Crippen MR) is 81.5 cm³/mol. The van der Waals surface area contributed by atoms with Crippen molar-refractivity contribution >= 4 is 11.8 Å². The van der Waals surface area contributed by atoms with E-state index >= 15 is 0 Å². The second-order valence-electron chi connectivity index (χ2n) is 5.13. The third kappa shape index (κ3) is 3.19. The molecule has 2 heteroatoms. The second-order valence-corrected chi connectivity index (χ2v) is 6.39. The summed E-state index contributed by atoms with van der Waals surface area (Å²) in [7, 11) is 0. The summed E-state index contributed by atoms with van der Waals surface area (Å²) >= 11 is 1.96. The van der Waals surface area contributed by atoms with Crippen molar-refractivity contribution < 1.29 is 0 Å². The van der Waals surface area contributed by atoms with Crippen molar-refractivity contribution in [1.29, 1.82) is 0 Å². The molecule has 2 aromatic rings. The lowest BCUT2D eigenvalue weighted by atomic mass is 9.83. The highest BCUT2D eigenvalue weighted by molar-refractivity contribution is 7.99. The van der Waals surface area contributed by atoms with Gasteiger partial charge in [-0.25, -0.2) is 4.98 Å². The minimum absolute atomic E-state index is 0.672. The standard InChI is InChI=1S/C17H19NS/c1-2-8-14(9-3-1)15-10-4-5-11-16(15)19-17-12-6-7-13-18-17/h1-3,6-9,12-13,15-16H,4-5,10-11H2/t15-,16+/m0/s1. The lowest BCUT2D eigenvalue weighted by Gasteiger charge is -2.31. The molecular formula is C17H19NS. The van der Waals surface area contributed by atoms with Crippen LogP contribution >= 0.6 is 11.8 Å². The molecular weight excluding hydrogens is 250 g/mol. The Morgan fingerprint density at radius 1 is 0.895 bits per heavy atom. The number of hydrogen-bond donors (Lipinski definition) is 0. The Morgan fingerprint density at radius 2 is 1.68 bits per heavy atom. The number of aromatic nitrogens is 1. The summed E-state index contributed by atoms with van der Waals surface area (Å²) in [5, 5.41) is 1.83. The van der Waals surface area contributed by atoms with E-state index in [1.165, 1.54) is 31.2 Å².